The van der Waals surface area contributed by atoms with Gasteiger partial charge in [-0.25, -0.2) is 0 Å². The summed E-state index contributed by atoms with van der Waals surface area (Å²) in [5.41, 5.74) is -1.59. The largest absolute Gasteiger partial charge is 0.417 e. The number of nitrogens with one attached hydrogen (secondary N) is 1. The molecular formula is C16H23F3N2O2. The van der Waals surface area contributed by atoms with Crippen LogP contribution in [0.2, 0.25) is 0 Å². The second kappa shape index (κ2) is 8.17. The Hall–Kier alpha value is -1.79. The first-order chi connectivity index (χ1) is 10.6. The van der Waals surface area contributed by atoms with Gasteiger partial charge in [-0.05, 0) is 25.3 Å². The molecule has 0 bridgehead atoms. The Kier molecular flexibility index (Phi) is 6.84. The van der Waals surface area contributed by atoms with Crippen molar-refractivity contribution in [1.29, 1.82) is 0 Å². The van der Waals surface area contributed by atoms with E-state index in [1.165, 1.54) is 0 Å². The van der Waals surface area contributed by atoms with Crippen LogP contribution in [-0.2, 0) is 17.5 Å². The van der Waals surface area contributed by atoms with Crippen molar-refractivity contribution in [2.45, 2.75) is 58.8 Å². The molecule has 1 heterocycles. The van der Waals surface area contributed by atoms with Crippen molar-refractivity contribution in [3.8, 4) is 0 Å². The van der Waals surface area contributed by atoms with Crippen LogP contribution in [0.3, 0.4) is 0 Å². The Bertz CT molecular complexity index is 579. The maximum Gasteiger partial charge on any atom is 0.417 e. The Morgan fingerprint density at radius 1 is 1.22 bits per heavy atom. The molecule has 1 atom stereocenters. The molecule has 23 heavy (non-hydrogen) atoms. The number of carbonyl (C=O) groups excluding carboxylic acids is 1. The highest BCUT2D eigenvalue weighted by atomic mass is 19.4. The van der Waals surface area contributed by atoms with Crippen molar-refractivity contribution in [3.63, 3.8) is 0 Å². The molecule has 1 amide bonds. The normalized spacial score (nSPS) is 13.2. The van der Waals surface area contributed by atoms with Crippen LogP contribution in [-0.4, -0.2) is 16.5 Å². The molecule has 0 unspecified atom stereocenters. The zero-order chi connectivity index (χ0) is 17.6. The first-order valence-corrected chi connectivity index (χ1v) is 7.66. The minimum atomic E-state index is -4.55. The van der Waals surface area contributed by atoms with Crippen molar-refractivity contribution < 1.29 is 18.0 Å². The molecule has 130 valence electrons. The summed E-state index contributed by atoms with van der Waals surface area (Å²) in [7, 11) is 0. The third kappa shape index (κ3) is 6.88. The number of rotatable bonds is 7. The summed E-state index contributed by atoms with van der Waals surface area (Å²) in [6.07, 6.45) is -1.07. The lowest BCUT2D eigenvalue weighted by Gasteiger charge is -2.15. The first kappa shape index (κ1) is 19.3. The SMILES string of the molecule is CC(C)CCC[C@H](C)NC(=O)Cn1cc(C(F)(F)F)ccc1=O. The summed E-state index contributed by atoms with van der Waals surface area (Å²) in [6, 6.07) is 1.45. The van der Waals surface area contributed by atoms with Crippen LogP contribution in [0.25, 0.3) is 0 Å². The summed E-state index contributed by atoms with van der Waals surface area (Å²) in [5.74, 6) is 0.116. The smallest absolute Gasteiger partial charge is 0.352 e. The van der Waals surface area contributed by atoms with Crippen LogP contribution >= 0.6 is 0 Å². The van der Waals surface area contributed by atoms with Gasteiger partial charge in [-0.15, -0.1) is 0 Å². The molecule has 0 saturated heterocycles. The van der Waals surface area contributed by atoms with Crippen LogP contribution in [0.15, 0.2) is 23.1 Å². The van der Waals surface area contributed by atoms with Gasteiger partial charge >= 0.3 is 6.18 Å². The van der Waals surface area contributed by atoms with E-state index in [1.807, 2.05) is 6.92 Å². The van der Waals surface area contributed by atoms with Crippen molar-refractivity contribution >= 4 is 5.91 Å². The van der Waals surface area contributed by atoms with Gasteiger partial charge in [0.1, 0.15) is 6.54 Å². The minimum Gasteiger partial charge on any atom is -0.352 e. The molecule has 1 rings (SSSR count). The van der Waals surface area contributed by atoms with E-state index in [0.29, 0.717) is 18.2 Å². The third-order valence-corrected chi connectivity index (χ3v) is 3.45. The van der Waals surface area contributed by atoms with Gasteiger partial charge in [0.2, 0.25) is 5.91 Å². The number of carbonyl (C=O) groups is 1. The van der Waals surface area contributed by atoms with Gasteiger partial charge in [0, 0.05) is 18.3 Å². The lowest BCUT2D eigenvalue weighted by molar-refractivity contribution is -0.138. The molecule has 0 fully saturated rings. The molecule has 0 aromatic carbocycles. The molecule has 0 radical (unpaired) electrons. The number of amides is 1. The van der Waals surface area contributed by atoms with E-state index >= 15 is 0 Å². The fraction of sp³-hybridized carbons (Fsp3) is 0.625. The number of hydrogen-bond acceptors (Lipinski definition) is 2. The number of pyridine rings is 1. The molecule has 0 saturated carbocycles. The Morgan fingerprint density at radius 3 is 2.43 bits per heavy atom. The van der Waals surface area contributed by atoms with Gasteiger partial charge in [-0.3, -0.25) is 9.59 Å². The highest BCUT2D eigenvalue weighted by Gasteiger charge is 2.31. The molecule has 1 aromatic heterocycles. The molecule has 0 aliphatic carbocycles. The number of hydrogen-bond donors (Lipinski definition) is 1. The highest BCUT2D eigenvalue weighted by molar-refractivity contribution is 5.76. The molecule has 1 aromatic rings. The van der Waals surface area contributed by atoms with Gasteiger partial charge in [-0.2, -0.15) is 13.2 Å². The maximum absolute atomic E-state index is 12.6. The summed E-state index contributed by atoms with van der Waals surface area (Å²) in [6.45, 7) is 5.65. The van der Waals surface area contributed by atoms with E-state index in [4.69, 9.17) is 0 Å². The minimum absolute atomic E-state index is 0.0808. The quantitative estimate of drug-likeness (QED) is 0.834. The molecule has 4 nitrogen and oxygen atoms in total. The standard InChI is InChI=1S/C16H23F3N2O2/c1-11(2)5-4-6-12(3)20-14(22)10-21-9-13(16(17,18)19)7-8-15(21)23/h7-9,11-12H,4-6,10H2,1-3H3,(H,20,22)/t12-/m0/s1. The number of halogens is 3. The highest BCUT2D eigenvalue weighted by Crippen LogP contribution is 2.27. The average Bonchev–Trinajstić information content (AvgIpc) is 2.39. The van der Waals surface area contributed by atoms with Crippen LogP contribution in [0.1, 0.15) is 45.6 Å². The van der Waals surface area contributed by atoms with Gasteiger partial charge in [0.05, 0.1) is 5.56 Å². The maximum atomic E-state index is 12.6. The van der Waals surface area contributed by atoms with Gasteiger partial charge < -0.3 is 9.88 Å². The molecular weight excluding hydrogens is 309 g/mol. The predicted molar refractivity (Wildman–Crippen MR) is 82.0 cm³/mol. The van der Waals surface area contributed by atoms with Gasteiger partial charge in [0.15, 0.2) is 0 Å². The molecule has 0 aliphatic heterocycles. The van der Waals surface area contributed by atoms with Crippen LogP contribution < -0.4 is 10.9 Å². The molecule has 7 heteroatoms. The van der Waals surface area contributed by atoms with Crippen molar-refractivity contribution in [3.05, 3.63) is 34.2 Å². The second-order valence-electron chi connectivity index (χ2n) is 6.17. The Morgan fingerprint density at radius 2 is 1.87 bits per heavy atom. The number of alkyl halides is 3. The number of nitrogens with zero attached hydrogens (tertiary/aromatic N) is 1. The van der Waals surface area contributed by atoms with Crippen molar-refractivity contribution in [1.82, 2.24) is 9.88 Å². The molecule has 0 aliphatic rings. The van der Waals surface area contributed by atoms with Gasteiger partial charge in [0.25, 0.3) is 5.56 Å². The fourth-order valence-electron chi connectivity index (χ4n) is 2.20. The molecule has 1 N–H and O–H groups in total. The van der Waals surface area contributed by atoms with Crippen LogP contribution in [0, 0.1) is 5.92 Å². The Balaban J connectivity index is 2.62. The van der Waals surface area contributed by atoms with Crippen molar-refractivity contribution in [2.24, 2.45) is 5.92 Å². The van der Waals surface area contributed by atoms with E-state index in [0.717, 1.165) is 29.9 Å². The first-order valence-electron chi connectivity index (χ1n) is 7.66. The van der Waals surface area contributed by atoms with E-state index in [-0.39, 0.29) is 6.04 Å². The van der Waals surface area contributed by atoms with Crippen molar-refractivity contribution in [2.75, 3.05) is 0 Å². The van der Waals surface area contributed by atoms with E-state index in [2.05, 4.69) is 19.2 Å². The summed E-state index contributed by atoms with van der Waals surface area (Å²) < 4.78 is 38.7. The predicted octanol–water partition coefficient (Wildman–Crippen LogP) is 3.20. The van der Waals surface area contributed by atoms with E-state index < -0.39 is 29.8 Å². The zero-order valence-corrected chi connectivity index (χ0v) is 13.6. The third-order valence-electron chi connectivity index (χ3n) is 3.45. The fourth-order valence-corrected chi connectivity index (χ4v) is 2.20. The zero-order valence-electron chi connectivity index (χ0n) is 13.6. The lowest BCUT2D eigenvalue weighted by Crippen LogP contribution is -2.37. The van der Waals surface area contributed by atoms with Crippen LogP contribution in [0.4, 0.5) is 13.2 Å². The summed E-state index contributed by atoms with van der Waals surface area (Å²) in [4.78, 5) is 23.5. The second-order valence-corrected chi connectivity index (χ2v) is 6.17. The van der Waals surface area contributed by atoms with Gasteiger partial charge in [-0.1, -0.05) is 26.7 Å². The summed E-state index contributed by atoms with van der Waals surface area (Å²) >= 11 is 0. The topological polar surface area (TPSA) is 51.1 Å². The molecule has 0 spiro atoms. The van der Waals surface area contributed by atoms with E-state index in [9.17, 15) is 22.8 Å². The average molecular weight is 332 g/mol. The van der Waals surface area contributed by atoms with Crippen LogP contribution in [0.5, 0.6) is 0 Å². The van der Waals surface area contributed by atoms with E-state index in [1.54, 1.807) is 0 Å². The monoisotopic (exact) mass is 332 g/mol. The lowest BCUT2D eigenvalue weighted by atomic mass is 10.0. The Labute approximate surface area is 133 Å². The number of aromatic nitrogens is 1. The summed E-state index contributed by atoms with van der Waals surface area (Å²) in [5, 5.41) is 2.71.